The molecule has 8 heteroatoms. The van der Waals surface area contributed by atoms with Crippen molar-refractivity contribution >= 4 is 29.5 Å². The summed E-state index contributed by atoms with van der Waals surface area (Å²) in [6.45, 7) is 7.75. The van der Waals surface area contributed by atoms with Crippen molar-refractivity contribution < 1.29 is 19.5 Å². The van der Waals surface area contributed by atoms with Gasteiger partial charge in [-0.05, 0) is 25.2 Å². The van der Waals surface area contributed by atoms with Crippen LogP contribution in [0.5, 0.6) is 0 Å². The Morgan fingerprint density at radius 3 is 2.49 bits per heavy atom. The topological polar surface area (TPSA) is 81.2 Å². The molecule has 4 aliphatic heterocycles. The molecule has 1 aliphatic carbocycles. The summed E-state index contributed by atoms with van der Waals surface area (Å²) >= 11 is 1.64. The van der Waals surface area contributed by atoms with Crippen LogP contribution in [0.25, 0.3) is 0 Å². The SMILES string of the molecule is CCCN1CC=C[C@H]2S[C@]34C=CCN(C5CCCCC5)C(=O)C3N([C@@H](CO)[C@@H](C)CC)C(=O)[C@@H]4[C@H]2C1=O. The van der Waals surface area contributed by atoms with E-state index in [-0.39, 0.29) is 41.5 Å². The zero-order chi connectivity index (χ0) is 26.3. The normalized spacial score (nSPS) is 35.8. The first-order valence-corrected chi connectivity index (χ1v) is 15.3. The van der Waals surface area contributed by atoms with Crippen LogP contribution in [0.4, 0.5) is 0 Å². The number of hydrogen-bond donors (Lipinski definition) is 1. The fourth-order valence-corrected chi connectivity index (χ4v) is 9.50. The number of amides is 3. The Bertz CT molecular complexity index is 963. The second-order valence-electron chi connectivity index (χ2n) is 11.6. The van der Waals surface area contributed by atoms with Crippen LogP contribution in [-0.2, 0) is 14.4 Å². The maximum Gasteiger partial charge on any atom is 0.247 e. The zero-order valence-corrected chi connectivity index (χ0v) is 23.4. The number of aliphatic hydroxyl groups excluding tert-OH is 1. The molecule has 0 aromatic rings. The minimum Gasteiger partial charge on any atom is -0.394 e. The predicted molar refractivity (Wildman–Crippen MR) is 146 cm³/mol. The summed E-state index contributed by atoms with van der Waals surface area (Å²) < 4.78 is -0.803. The van der Waals surface area contributed by atoms with Gasteiger partial charge in [0.05, 0.1) is 29.2 Å². The van der Waals surface area contributed by atoms with E-state index < -0.39 is 28.7 Å². The number of fused-ring (bicyclic) bond motifs is 2. The summed E-state index contributed by atoms with van der Waals surface area (Å²) in [5.41, 5.74) is 0. The van der Waals surface area contributed by atoms with Gasteiger partial charge in [-0.3, -0.25) is 14.4 Å². The Kier molecular flexibility index (Phi) is 7.79. The number of nitrogens with zero attached hydrogens (tertiary/aromatic N) is 3. The highest BCUT2D eigenvalue weighted by atomic mass is 32.2. The third kappa shape index (κ3) is 4.26. The molecule has 1 saturated carbocycles. The zero-order valence-electron chi connectivity index (χ0n) is 22.6. The highest BCUT2D eigenvalue weighted by Crippen LogP contribution is 2.61. The number of likely N-dealkylation sites (tertiary alicyclic amines) is 1. The minimum absolute atomic E-state index is 0.000283. The van der Waals surface area contributed by atoms with E-state index in [1.54, 1.807) is 16.7 Å². The van der Waals surface area contributed by atoms with Crippen LogP contribution in [0.3, 0.4) is 0 Å². The number of thioether (sulfide) groups is 1. The number of aliphatic hydroxyl groups is 1. The summed E-state index contributed by atoms with van der Waals surface area (Å²) in [6, 6.07) is -0.961. The first-order chi connectivity index (χ1) is 17.9. The van der Waals surface area contributed by atoms with Crippen molar-refractivity contribution in [3.63, 3.8) is 0 Å². The molecule has 3 fully saturated rings. The number of carbonyl (C=O) groups is 3. The van der Waals surface area contributed by atoms with E-state index in [0.717, 1.165) is 38.5 Å². The molecule has 7 atom stereocenters. The Balaban J connectivity index is 1.61. The van der Waals surface area contributed by atoms with Crippen LogP contribution in [0, 0.1) is 17.8 Å². The second kappa shape index (κ2) is 10.8. The van der Waals surface area contributed by atoms with Crippen molar-refractivity contribution in [3.8, 4) is 0 Å². The largest absolute Gasteiger partial charge is 0.394 e. The fraction of sp³-hybridized carbons (Fsp3) is 0.759. The van der Waals surface area contributed by atoms with Crippen molar-refractivity contribution in [2.45, 2.75) is 93.8 Å². The predicted octanol–water partition coefficient (Wildman–Crippen LogP) is 3.23. The summed E-state index contributed by atoms with van der Waals surface area (Å²) in [5, 5.41) is 10.4. The summed E-state index contributed by atoms with van der Waals surface area (Å²) in [5.74, 6) is -1.17. The fourth-order valence-electron chi connectivity index (χ4n) is 7.51. The van der Waals surface area contributed by atoms with Crippen molar-refractivity contribution in [3.05, 3.63) is 24.3 Å². The first kappa shape index (κ1) is 26.8. The average molecular weight is 530 g/mol. The molecule has 4 heterocycles. The van der Waals surface area contributed by atoms with Crippen LogP contribution in [0.1, 0.15) is 65.7 Å². The van der Waals surface area contributed by atoms with Gasteiger partial charge in [-0.1, -0.05) is 70.8 Å². The molecule has 5 rings (SSSR count). The molecule has 1 spiro atoms. The third-order valence-corrected chi connectivity index (χ3v) is 11.3. The van der Waals surface area contributed by atoms with Crippen LogP contribution >= 0.6 is 11.8 Å². The van der Waals surface area contributed by atoms with Gasteiger partial charge >= 0.3 is 0 Å². The van der Waals surface area contributed by atoms with E-state index in [1.807, 2.05) is 16.7 Å². The van der Waals surface area contributed by atoms with Crippen LogP contribution in [0.15, 0.2) is 24.3 Å². The smallest absolute Gasteiger partial charge is 0.247 e. The van der Waals surface area contributed by atoms with Gasteiger partial charge in [-0.25, -0.2) is 0 Å². The number of hydrogen-bond acceptors (Lipinski definition) is 5. The maximum atomic E-state index is 14.6. The van der Waals surface area contributed by atoms with Crippen molar-refractivity contribution in [2.24, 2.45) is 17.8 Å². The molecule has 7 nitrogen and oxygen atoms in total. The molecule has 204 valence electrons. The molecule has 37 heavy (non-hydrogen) atoms. The minimum atomic E-state index is -0.803. The van der Waals surface area contributed by atoms with Crippen LogP contribution in [0.2, 0.25) is 0 Å². The number of rotatable bonds is 7. The van der Waals surface area contributed by atoms with Crippen molar-refractivity contribution in [1.29, 1.82) is 0 Å². The summed E-state index contributed by atoms with van der Waals surface area (Å²) in [4.78, 5) is 48.6. The quantitative estimate of drug-likeness (QED) is 0.512. The van der Waals surface area contributed by atoms with Gasteiger partial charge in [0.25, 0.3) is 0 Å². The van der Waals surface area contributed by atoms with Crippen LogP contribution in [-0.4, -0.2) is 91.9 Å². The van der Waals surface area contributed by atoms with Crippen molar-refractivity contribution in [1.82, 2.24) is 14.7 Å². The monoisotopic (exact) mass is 529 g/mol. The van der Waals surface area contributed by atoms with Gasteiger partial charge < -0.3 is 19.8 Å². The maximum absolute atomic E-state index is 14.6. The molecule has 0 bridgehead atoms. The molecule has 0 radical (unpaired) electrons. The lowest BCUT2D eigenvalue weighted by Crippen LogP contribution is -2.59. The standard InChI is InChI=1S/C29H43N3O4S/c1-4-15-30-16-9-13-22-23(26(30)34)24-27(35)32(21(18-33)19(3)5-2)25-28(36)31(20-11-7-6-8-12-20)17-10-14-29(24,25)37-22/h9-10,13-14,19-25,33H,4-8,11-12,15-18H2,1-3H3/t19-,21-,22+,23-,24-,25?,29-/m0/s1. The van der Waals surface area contributed by atoms with Gasteiger partial charge in [0.2, 0.25) is 17.7 Å². The van der Waals surface area contributed by atoms with Gasteiger partial charge in [0.1, 0.15) is 6.04 Å². The van der Waals surface area contributed by atoms with E-state index in [2.05, 4.69) is 38.2 Å². The second-order valence-corrected chi connectivity index (χ2v) is 13.1. The highest BCUT2D eigenvalue weighted by Gasteiger charge is 2.72. The van der Waals surface area contributed by atoms with Crippen molar-refractivity contribution in [2.75, 3.05) is 26.2 Å². The molecule has 1 N–H and O–H groups in total. The lowest BCUT2D eigenvalue weighted by atomic mass is 9.78. The summed E-state index contributed by atoms with van der Waals surface area (Å²) in [7, 11) is 0. The molecule has 1 unspecified atom stereocenters. The molecule has 5 aliphatic rings. The third-order valence-electron chi connectivity index (χ3n) is 9.57. The molecule has 3 amide bonds. The van der Waals surface area contributed by atoms with Gasteiger partial charge in [-0.15, -0.1) is 11.8 Å². The van der Waals surface area contributed by atoms with E-state index in [1.165, 1.54) is 6.42 Å². The molecular formula is C29H43N3O4S. The average Bonchev–Trinajstić information content (AvgIpc) is 3.22. The Labute approximate surface area is 225 Å². The van der Waals surface area contributed by atoms with E-state index in [4.69, 9.17) is 0 Å². The summed E-state index contributed by atoms with van der Waals surface area (Å²) in [6.07, 6.45) is 15.5. The lowest BCUT2D eigenvalue weighted by molar-refractivity contribution is -0.149. The van der Waals surface area contributed by atoms with Gasteiger partial charge in [0, 0.05) is 30.9 Å². The molecule has 2 saturated heterocycles. The van der Waals surface area contributed by atoms with E-state index in [9.17, 15) is 19.5 Å². The van der Waals surface area contributed by atoms with E-state index >= 15 is 0 Å². The Morgan fingerprint density at radius 1 is 1.05 bits per heavy atom. The van der Waals surface area contributed by atoms with E-state index in [0.29, 0.717) is 19.6 Å². The molecule has 0 aromatic heterocycles. The van der Waals surface area contributed by atoms with Crippen LogP contribution < -0.4 is 0 Å². The Morgan fingerprint density at radius 2 is 1.81 bits per heavy atom. The first-order valence-electron chi connectivity index (χ1n) is 14.4. The molecule has 0 aromatic carbocycles. The Hall–Kier alpha value is -1.80. The number of carbonyl (C=O) groups excluding carboxylic acids is 3. The highest BCUT2D eigenvalue weighted by molar-refractivity contribution is 8.02. The van der Waals surface area contributed by atoms with Gasteiger partial charge in [0.15, 0.2) is 0 Å². The molecular weight excluding hydrogens is 486 g/mol. The lowest BCUT2D eigenvalue weighted by Gasteiger charge is -2.42. The van der Waals surface area contributed by atoms with Gasteiger partial charge in [-0.2, -0.15) is 0 Å².